The molecule has 0 saturated carbocycles. The highest BCUT2D eigenvalue weighted by molar-refractivity contribution is 7.89. The van der Waals surface area contributed by atoms with E-state index in [0.717, 1.165) is 12.1 Å². The van der Waals surface area contributed by atoms with Crippen LogP contribution in [-0.4, -0.2) is 27.7 Å². The van der Waals surface area contributed by atoms with Crippen LogP contribution in [0.4, 0.5) is 10.1 Å². The van der Waals surface area contributed by atoms with Gasteiger partial charge in [0.15, 0.2) is 5.82 Å². The molecule has 1 atom stereocenters. The number of benzene rings is 1. The van der Waals surface area contributed by atoms with Crippen LogP contribution in [0.1, 0.15) is 13.8 Å². The van der Waals surface area contributed by atoms with Gasteiger partial charge in [0.25, 0.3) is 0 Å². The molecule has 0 bridgehead atoms. The molecule has 1 rings (SSSR count). The molecule has 0 saturated heterocycles. The summed E-state index contributed by atoms with van der Waals surface area (Å²) in [6.07, 6.45) is 0. The second-order valence-electron chi connectivity index (χ2n) is 3.99. The second-order valence-corrected chi connectivity index (χ2v) is 6.11. The van der Waals surface area contributed by atoms with E-state index in [9.17, 15) is 12.8 Å². The average Bonchev–Trinajstić information content (AvgIpc) is 2.30. The molecule has 0 aliphatic heterocycles. The Morgan fingerprint density at radius 3 is 2.74 bits per heavy atom. The maximum Gasteiger partial charge on any atom is 0.243 e. The van der Waals surface area contributed by atoms with Crippen molar-refractivity contribution in [1.29, 1.82) is 0 Å². The number of hydrogen-bond acceptors (Lipinski definition) is 4. The fourth-order valence-electron chi connectivity index (χ4n) is 1.44. The van der Waals surface area contributed by atoms with E-state index in [2.05, 4.69) is 4.72 Å². The van der Waals surface area contributed by atoms with Crippen molar-refractivity contribution in [2.45, 2.75) is 24.8 Å². The van der Waals surface area contributed by atoms with E-state index >= 15 is 0 Å². The molecule has 0 heterocycles. The van der Waals surface area contributed by atoms with Gasteiger partial charge in [0.1, 0.15) is 4.90 Å². The van der Waals surface area contributed by atoms with Crippen LogP contribution in [0.5, 0.6) is 0 Å². The fourth-order valence-corrected chi connectivity index (χ4v) is 3.09. The number of rotatable bonds is 6. The summed E-state index contributed by atoms with van der Waals surface area (Å²) in [5.41, 5.74) is 5.04. The van der Waals surface area contributed by atoms with E-state index in [1.165, 1.54) is 0 Å². The van der Waals surface area contributed by atoms with Gasteiger partial charge in [0.2, 0.25) is 10.0 Å². The Balaban J connectivity index is 3.01. The molecule has 19 heavy (non-hydrogen) atoms. The predicted octanol–water partition coefficient (Wildman–Crippen LogP) is 1.76. The first-order chi connectivity index (χ1) is 8.77. The largest absolute Gasteiger partial charge is 0.396 e. The van der Waals surface area contributed by atoms with Gasteiger partial charge in [-0.05, 0) is 26.0 Å². The Hall–Kier alpha value is -0.890. The summed E-state index contributed by atoms with van der Waals surface area (Å²) < 4.78 is 45.1. The first-order valence-corrected chi connectivity index (χ1v) is 7.48. The zero-order valence-electron chi connectivity index (χ0n) is 10.6. The lowest BCUT2D eigenvalue weighted by Crippen LogP contribution is -2.36. The zero-order valence-corrected chi connectivity index (χ0v) is 12.2. The van der Waals surface area contributed by atoms with Gasteiger partial charge >= 0.3 is 0 Å². The Morgan fingerprint density at radius 2 is 2.16 bits per heavy atom. The quantitative estimate of drug-likeness (QED) is 0.785. The Morgan fingerprint density at radius 1 is 1.53 bits per heavy atom. The number of nitrogens with one attached hydrogen (secondary N) is 1. The van der Waals surface area contributed by atoms with Gasteiger partial charge in [-0.2, -0.15) is 0 Å². The fraction of sp³-hybridized carbons (Fsp3) is 0.455. The van der Waals surface area contributed by atoms with Gasteiger partial charge in [-0.15, -0.1) is 0 Å². The van der Waals surface area contributed by atoms with Crippen molar-refractivity contribution in [2.24, 2.45) is 0 Å². The van der Waals surface area contributed by atoms with E-state index in [0.29, 0.717) is 6.61 Å². The third kappa shape index (κ3) is 4.31. The molecule has 0 fully saturated rings. The topological polar surface area (TPSA) is 81.4 Å². The minimum Gasteiger partial charge on any atom is -0.396 e. The lowest BCUT2D eigenvalue weighted by Gasteiger charge is -2.15. The highest BCUT2D eigenvalue weighted by atomic mass is 35.5. The van der Waals surface area contributed by atoms with Gasteiger partial charge in [-0.3, -0.25) is 0 Å². The minimum atomic E-state index is -4.04. The zero-order chi connectivity index (χ0) is 14.6. The number of ether oxygens (including phenoxy) is 1. The summed E-state index contributed by atoms with van der Waals surface area (Å²) in [4.78, 5) is -0.569. The van der Waals surface area contributed by atoms with Crippen molar-refractivity contribution in [3.05, 3.63) is 23.0 Å². The van der Waals surface area contributed by atoms with Gasteiger partial charge in [0, 0.05) is 17.7 Å². The SMILES string of the molecule is CCOCC(C)NS(=O)(=O)c1cc(Cl)cc(N)c1F. The molecule has 5 nitrogen and oxygen atoms in total. The lowest BCUT2D eigenvalue weighted by atomic mass is 10.3. The Kier molecular flexibility index (Phi) is 5.54. The molecule has 1 aromatic rings. The molecule has 1 aromatic carbocycles. The third-order valence-electron chi connectivity index (χ3n) is 2.25. The monoisotopic (exact) mass is 310 g/mol. The number of nitrogen functional groups attached to an aromatic ring is 1. The number of anilines is 1. The van der Waals surface area contributed by atoms with Crippen molar-refractivity contribution in [2.75, 3.05) is 18.9 Å². The smallest absolute Gasteiger partial charge is 0.243 e. The molecule has 0 spiro atoms. The molecular formula is C11H16ClFN2O3S. The number of nitrogens with two attached hydrogens (primary N) is 1. The van der Waals surface area contributed by atoms with E-state index in [-0.39, 0.29) is 17.3 Å². The van der Waals surface area contributed by atoms with Gasteiger partial charge in [-0.1, -0.05) is 11.6 Å². The van der Waals surface area contributed by atoms with Gasteiger partial charge < -0.3 is 10.5 Å². The van der Waals surface area contributed by atoms with Gasteiger partial charge in [-0.25, -0.2) is 17.5 Å². The van der Waals surface area contributed by atoms with Crippen LogP contribution >= 0.6 is 11.6 Å². The molecule has 0 aliphatic rings. The predicted molar refractivity (Wildman–Crippen MR) is 72.1 cm³/mol. The maximum atomic E-state index is 13.7. The van der Waals surface area contributed by atoms with Crippen LogP contribution in [0.3, 0.4) is 0 Å². The molecule has 0 aliphatic carbocycles. The van der Waals surface area contributed by atoms with Crippen molar-refractivity contribution in [3.8, 4) is 0 Å². The summed E-state index contributed by atoms with van der Waals surface area (Å²) in [6, 6.07) is 1.67. The number of halogens is 2. The summed E-state index contributed by atoms with van der Waals surface area (Å²) in [5, 5.41) is 0.0525. The van der Waals surface area contributed by atoms with Crippen molar-refractivity contribution in [1.82, 2.24) is 4.72 Å². The van der Waals surface area contributed by atoms with Gasteiger partial charge in [0.05, 0.1) is 12.3 Å². The van der Waals surface area contributed by atoms with Crippen LogP contribution in [0.2, 0.25) is 5.02 Å². The number of sulfonamides is 1. The van der Waals surface area contributed by atoms with Crippen LogP contribution in [0, 0.1) is 5.82 Å². The van der Waals surface area contributed by atoms with E-state index in [1.807, 2.05) is 0 Å². The van der Waals surface area contributed by atoms with Crippen LogP contribution < -0.4 is 10.5 Å². The number of hydrogen-bond donors (Lipinski definition) is 2. The molecular weight excluding hydrogens is 295 g/mol. The first-order valence-electron chi connectivity index (χ1n) is 5.62. The molecule has 0 aromatic heterocycles. The maximum absolute atomic E-state index is 13.7. The summed E-state index contributed by atoms with van der Waals surface area (Å²) in [5.74, 6) is -1.01. The lowest BCUT2D eigenvalue weighted by molar-refractivity contribution is 0.133. The van der Waals surface area contributed by atoms with Crippen molar-refractivity contribution in [3.63, 3.8) is 0 Å². The molecule has 8 heteroatoms. The highest BCUT2D eigenvalue weighted by Gasteiger charge is 2.23. The van der Waals surface area contributed by atoms with Crippen molar-refractivity contribution >= 4 is 27.3 Å². The van der Waals surface area contributed by atoms with E-state index in [4.69, 9.17) is 22.1 Å². The van der Waals surface area contributed by atoms with Crippen LogP contribution in [0.15, 0.2) is 17.0 Å². The first kappa shape index (κ1) is 16.2. The standard InChI is InChI=1S/C11H16ClFN2O3S/c1-3-18-6-7(2)15-19(16,17)10-5-8(12)4-9(14)11(10)13/h4-5,7,15H,3,6,14H2,1-2H3. The summed E-state index contributed by atoms with van der Waals surface area (Å²) >= 11 is 5.68. The van der Waals surface area contributed by atoms with E-state index in [1.54, 1.807) is 13.8 Å². The Bertz CT molecular complexity index is 551. The molecule has 0 amide bonds. The molecule has 3 N–H and O–H groups in total. The minimum absolute atomic E-state index is 0.0525. The third-order valence-corrected chi connectivity index (χ3v) is 4.06. The molecule has 108 valence electrons. The molecule has 1 unspecified atom stereocenters. The van der Waals surface area contributed by atoms with Crippen LogP contribution in [-0.2, 0) is 14.8 Å². The molecule has 0 radical (unpaired) electrons. The summed E-state index contributed by atoms with van der Waals surface area (Å²) in [7, 11) is -4.04. The average molecular weight is 311 g/mol. The van der Waals surface area contributed by atoms with Crippen molar-refractivity contribution < 1.29 is 17.5 Å². The van der Waals surface area contributed by atoms with E-state index < -0.39 is 26.8 Å². The second kappa shape index (κ2) is 6.51. The Labute approximate surface area is 116 Å². The van der Waals surface area contributed by atoms with Crippen LogP contribution in [0.25, 0.3) is 0 Å². The highest BCUT2D eigenvalue weighted by Crippen LogP contribution is 2.25. The summed E-state index contributed by atoms with van der Waals surface area (Å²) in [6.45, 7) is 4.05. The normalized spacial score (nSPS) is 13.5.